The third-order valence-electron chi connectivity index (χ3n) is 2.67. The van der Waals surface area contributed by atoms with Gasteiger partial charge in [0.25, 0.3) is 0 Å². The lowest BCUT2D eigenvalue weighted by Crippen LogP contribution is -2.21. The van der Waals surface area contributed by atoms with E-state index in [1.807, 2.05) is 0 Å². The zero-order valence-electron chi connectivity index (χ0n) is 11.0. The molecule has 0 heterocycles. The fourth-order valence-electron chi connectivity index (χ4n) is 1.67. The van der Waals surface area contributed by atoms with Gasteiger partial charge >= 0.3 is 17.9 Å². The summed E-state index contributed by atoms with van der Waals surface area (Å²) in [6, 6.07) is 0. The van der Waals surface area contributed by atoms with Crippen molar-refractivity contribution >= 4 is 17.9 Å². The molecule has 0 aromatic heterocycles. The summed E-state index contributed by atoms with van der Waals surface area (Å²) in [5.41, 5.74) is 0.0723. The predicted molar refractivity (Wildman–Crippen MR) is 65.1 cm³/mol. The Hall–Kier alpha value is -1.85. The molecule has 1 aliphatic carbocycles. The Kier molecular flexibility index (Phi) is 6.05. The summed E-state index contributed by atoms with van der Waals surface area (Å²) in [5.74, 6) is -1.85. The molecule has 1 aliphatic rings. The summed E-state index contributed by atoms with van der Waals surface area (Å²) in [7, 11) is 0. The molecule has 0 atom stereocenters. The first kappa shape index (κ1) is 15.2. The summed E-state index contributed by atoms with van der Waals surface area (Å²) >= 11 is 0. The van der Waals surface area contributed by atoms with Gasteiger partial charge in [0.15, 0.2) is 6.61 Å². The fourth-order valence-corrected chi connectivity index (χ4v) is 1.67. The van der Waals surface area contributed by atoms with Crippen molar-refractivity contribution in [1.29, 1.82) is 0 Å². The quantitative estimate of drug-likeness (QED) is 0.409. The van der Waals surface area contributed by atoms with E-state index in [0.29, 0.717) is 0 Å². The van der Waals surface area contributed by atoms with E-state index in [-0.39, 0.29) is 18.3 Å². The van der Waals surface area contributed by atoms with Gasteiger partial charge in [-0.1, -0.05) is 6.58 Å². The van der Waals surface area contributed by atoms with Gasteiger partial charge in [-0.25, -0.2) is 9.59 Å². The molecular weight excluding hydrogens is 252 g/mol. The predicted octanol–water partition coefficient (Wildman–Crippen LogP) is 1.13. The zero-order chi connectivity index (χ0) is 14.3. The molecule has 1 fully saturated rings. The van der Waals surface area contributed by atoms with E-state index in [4.69, 9.17) is 9.47 Å². The second-order valence-electron chi connectivity index (χ2n) is 4.36. The number of hydrogen-bond donors (Lipinski definition) is 0. The third kappa shape index (κ3) is 6.03. The Balaban J connectivity index is 2.20. The van der Waals surface area contributed by atoms with E-state index in [1.165, 1.54) is 6.92 Å². The molecule has 6 heteroatoms. The first-order valence-corrected chi connectivity index (χ1v) is 6.16. The second kappa shape index (κ2) is 7.56. The smallest absolute Gasteiger partial charge is 0.344 e. The van der Waals surface area contributed by atoms with Gasteiger partial charge in [-0.2, -0.15) is 0 Å². The van der Waals surface area contributed by atoms with Crippen LogP contribution in [-0.4, -0.2) is 37.2 Å². The Morgan fingerprint density at radius 1 is 1.11 bits per heavy atom. The number of hydrogen-bond acceptors (Lipinski definition) is 6. The van der Waals surface area contributed by atoms with Gasteiger partial charge in [0.05, 0.1) is 5.57 Å². The maximum absolute atomic E-state index is 11.6. The monoisotopic (exact) mass is 270 g/mol. The first-order valence-electron chi connectivity index (χ1n) is 6.16. The van der Waals surface area contributed by atoms with Crippen LogP contribution in [0.4, 0.5) is 0 Å². The molecule has 106 valence electrons. The van der Waals surface area contributed by atoms with Crippen molar-refractivity contribution in [2.24, 2.45) is 0 Å². The van der Waals surface area contributed by atoms with Gasteiger partial charge in [0.1, 0.15) is 12.7 Å². The van der Waals surface area contributed by atoms with E-state index in [0.717, 1.165) is 25.7 Å². The molecular formula is C13H18O6. The Morgan fingerprint density at radius 2 is 1.74 bits per heavy atom. The van der Waals surface area contributed by atoms with Crippen LogP contribution in [0.25, 0.3) is 0 Å². The third-order valence-corrected chi connectivity index (χ3v) is 2.67. The molecule has 1 saturated carbocycles. The van der Waals surface area contributed by atoms with Crippen molar-refractivity contribution in [3.63, 3.8) is 0 Å². The topological polar surface area (TPSA) is 78.9 Å². The zero-order valence-corrected chi connectivity index (χ0v) is 11.0. The average molecular weight is 270 g/mol. The highest BCUT2D eigenvalue weighted by molar-refractivity contribution is 5.88. The highest BCUT2D eigenvalue weighted by Crippen LogP contribution is 2.21. The number of carbonyl (C=O) groups is 3. The minimum atomic E-state index is -0.731. The summed E-state index contributed by atoms with van der Waals surface area (Å²) in [6.07, 6.45) is 3.79. The van der Waals surface area contributed by atoms with Crippen LogP contribution in [0.5, 0.6) is 0 Å². The summed E-state index contributed by atoms with van der Waals surface area (Å²) in [6.45, 7) is 3.96. The molecule has 0 aromatic carbocycles. The van der Waals surface area contributed by atoms with Crippen LogP contribution in [0.2, 0.25) is 0 Å². The van der Waals surface area contributed by atoms with E-state index in [9.17, 15) is 14.4 Å². The van der Waals surface area contributed by atoms with Crippen molar-refractivity contribution in [3.05, 3.63) is 12.2 Å². The largest absolute Gasteiger partial charge is 0.459 e. The number of ether oxygens (including phenoxy) is 3. The van der Waals surface area contributed by atoms with Gasteiger partial charge in [-0.05, 0) is 25.7 Å². The molecule has 0 bridgehead atoms. The molecule has 6 nitrogen and oxygen atoms in total. The van der Waals surface area contributed by atoms with E-state index < -0.39 is 24.5 Å². The minimum absolute atomic E-state index is 0.0546. The number of esters is 3. The van der Waals surface area contributed by atoms with Gasteiger partial charge in [-0.15, -0.1) is 0 Å². The maximum atomic E-state index is 11.6. The lowest BCUT2D eigenvalue weighted by atomic mass is 10.3. The Morgan fingerprint density at radius 3 is 2.32 bits per heavy atom. The Bertz CT molecular complexity index is 367. The van der Waals surface area contributed by atoms with Gasteiger partial charge in [0.2, 0.25) is 0 Å². The van der Waals surface area contributed by atoms with Crippen molar-refractivity contribution in [3.8, 4) is 0 Å². The highest BCUT2D eigenvalue weighted by Gasteiger charge is 2.21. The highest BCUT2D eigenvalue weighted by atomic mass is 16.6. The van der Waals surface area contributed by atoms with Crippen LogP contribution in [0.3, 0.4) is 0 Å². The van der Waals surface area contributed by atoms with E-state index >= 15 is 0 Å². The molecule has 0 spiro atoms. The summed E-state index contributed by atoms with van der Waals surface area (Å²) in [5, 5.41) is 0. The van der Waals surface area contributed by atoms with Crippen molar-refractivity contribution < 1.29 is 28.6 Å². The molecule has 0 aromatic rings. The Labute approximate surface area is 111 Å². The van der Waals surface area contributed by atoms with Gasteiger partial charge in [0, 0.05) is 6.92 Å². The van der Waals surface area contributed by atoms with Crippen molar-refractivity contribution in [1.82, 2.24) is 0 Å². The van der Waals surface area contributed by atoms with Gasteiger partial charge in [-0.3, -0.25) is 4.79 Å². The minimum Gasteiger partial charge on any atom is -0.459 e. The lowest BCUT2D eigenvalue weighted by Gasteiger charge is -2.12. The fraction of sp³-hybridized carbons (Fsp3) is 0.615. The molecule has 0 amide bonds. The number of rotatable bonds is 6. The molecule has 0 radical (unpaired) electrons. The van der Waals surface area contributed by atoms with Crippen LogP contribution in [0, 0.1) is 0 Å². The summed E-state index contributed by atoms with van der Waals surface area (Å²) < 4.78 is 14.4. The van der Waals surface area contributed by atoms with Crippen molar-refractivity contribution in [2.45, 2.75) is 38.7 Å². The summed E-state index contributed by atoms with van der Waals surface area (Å²) in [4.78, 5) is 33.2. The van der Waals surface area contributed by atoms with Crippen LogP contribution in [0.1, 0.15) is 32.6 Å². The number of carbonyl (C=O) groups excluding carboxylic acids is 3. The van der Waals surface area contributed by atoms with Gasteiger partial charge < -0.3 is 14.2 Å². The SMILES string of the molecule is C=C(COC(=O)COC(C)=O)C(=O)OC1CCCC1. The molecule has 0 N–H and O–H groups in total. The first-order chi connectivity index (χ1) is 8.99. The molecule has 0 aliphatic heterocycles. The van der Waals surface area contributed by atoms with E-state index in [1.54, 1.807) is 0 Å². The standard InChI is InChI=1S/C13H18O6/c1-9(7-18-12(15)8-17-10(2)14)13(16)19-11-5-3-4-6-11/h11H,1,3-8H2,2H3. The maximum Gasteiger partial charge on any atom is 0.344 e. The van der Waals surface area contributed by atoms with Crippen LogP contribution in [-0.2, 0) is 28.6 Å². The van der Waals surface area contributed by atoms with Crippen LogP contribution in [0.15, 0.2) is 12.2 Å². The molecule has 0 unspecified atom stereocenters. The molecule has 19 heavy (non-hydrogen) atoms. The van der Waals surface area contributed by atoms with Crippen LogP contribution >= 0.6 is 0 Å². The average Bonchev–Trinajstić information content (AvgIpc) is 2.86. The van der Waals surface area contributed by atoms with Crippen LogP contribution < -0.4 is 0 Å². The molecule has 1 rings (SSSR count). The molecule has 0 saturated heterocycles. The van der Waals surface area contributed by atoms with E-state index in [2.05, 4.69) is 11.3 Å². The normalized spacial score (nSPS) is 14.8. The lowest BCUT2D eigenvalue weighted by molar-refractivity contribution is -0.157. The van der Waals surface area contributed by atoms with Crippen molar-refractivity contribution in [2.75, 3.05) is 13.2 Å². The second-order valence-corrected chi connectivity index (χ2v) is 4.36.